The fourth-order valence-corrected chi connectivity index (χ4v) is 2.66. The molecule has 0 atom stereocenters. The number of benzene rings is 1. The molecule has 1 N–H and O–H groups in total. The molecule has 2 aliphatic rings. The van der Waals surface area contributed by atoms with Crippen molar-refractivity contribution >= 4 is 5.69 Å². The minimum absolute atomic E-state index is 0.464. The molecule has 1 heterocycles. The highest BCUT2D eigenvalue weighted by Crippen LogP contribution is 2.21. The molecular formula is C15H21F2N3. The molecule has 1 aromatic rings. The first-order chi connectivity index (χ1) is 9.72. The zero-order valence-corrected chi connectivity index (χ0v) is 11.6. The first kappa shape index (κ1) is 13.8. The Labute approximate surface area is 118 Å². The minimum Gasteiger partial charge on any atom is -0.367 e. The van der Waals surface area contributed by atoms with E-state index >= 15 is 0 Å². The van der Waals surface area contributed by atoms with Gasteiger partial charge in [-0.1, -0.05) is 0 Å². The van der Waals surface area contributed by atoms with Crippen LogP contribution in [0.5, 0.6) is 0 Å². The van der Waals surface area contributed by atoms with Gasteiger partial charge in [0.1, 0.15) is 11.6 Å². The van der Waals surface area contributed by atoms with Gasteiger partial charge < -0.3 is 10.2 Å². The van der Waals surface area contributed by atoms with E-state index < -0.39 is 11.6 Å². The second-order valence-corrected chi connectivity index (χ2v) is 5.65. The van der Waals surface area contributed by atoms with Crippen molar-refractivity contribution in [1.29, 1.82) is 0 Å². The van der Waals surface area contributed by atoms with Crippen LogP contribution in [-0.4, -0.2) is 50.2 Å². The van der Waals surface area contributed by atoms with Crippen LogP contribution in [0.1, 0.15) is 12.8 Å². The molecule has 1 aliphatic heterocycles. The van der Waals surface area contributed by atoms with Crippen molar-refractivity contribution < 1.29 is 8.78 Å². The number of piperazine rings is 1. The molecule has 2 fully saturated rings. The summed E-state index contributed by atoms with van der Waals surface area (Å²) in [5.41, 5.74) is 0.516. The zero-order chi connectivity index (χ0) is 13.9. The fraction of sp³-hybridized carbons (Fsp3) is 0.600. The summed E-state index contributed by atoms with van der Waals surface area (Å²) < 4.78 is 26.6. The molecule has 0 aromatic heterocycles. The normalized spacial score (nSPS) is 20.4. The summed E-state index contributed by atoms with van der Waals surface area (Å²) in [5.74, 6) is -0.982. The maximum Gasteiger partial charge on any atom is 0.149 e. The number of hydrogen-bond donors (Lipinski definition) is 1. The van der Waals surface area contributed by atoms with Crippen LogP contribution in [0, 0.1) is 11.6 Å². The molecule has 0 radical (unpaired) electrons. The molecule has 20 heavy (non-hydrogen) atoms. The van der Waals surface area contributed by atoms with E-state index in [-0.39, 0.29) is 0 Å². The number of halogens is 2. The summed E-state index contributed by atoms with van der Waals surface area (Å²) in [7, 11) is 0. The van der Waals surface area contributed by atoms with Gasteiger partial charge in [-0.15, -0.1) is 0 Å². The van der Waals surface area contributed by atoms with Crippen molar-refractivity contribution in [2.24, 2.45) is 0 Å². The summed E-state index contributed by atoms with van der Waals surface area (Å²) >= 11 is 0. The van der Waals surface area contributed by atoms with Crippen molar-refractivity contribution in [3.8, 4) is 0 Å². The van der Waals surface area contributed by atoms with Crippen LogP contribution in [0.2, 0.25) is 0 Å². The number of nitrogens with one attached hydrogen (secondary N) is 1. The van der Waals surface area contributed by atoms with Gasteiger partial charge in [0.05, 0.1) is 5.69 Å². The van der Waals surface area contributed by atoms with Crippen molar-refractivity contribution in [3.05, 3.63) is 29.8 Å². The van der Waals surface area contributed by atoms with E-state index in [1.54, 1.807) is 0 Å². The van der Waals surface area contributed by atoms with Crippen LogP contribution < -0.4 is 10.2 Å². The predicted molar refractivity (Wildman–Crippen MR) is 76.0 cm³/mol. The van der Waals surface area contributed by atoms with Gasteiger partial charge in [0.2, 0.25) is 0 Å². The Kier molecular flexibility index (Phi) is 4.17. The van der Waals surface area contributed by atoms with Crippen LogP contribution in [-0.2, 0) is 0 Å². The Morgan fingerprint density at radius 2 is 1.85 bits per heavy atom. The van der Waals surface area contributed by atoms with Gasteiger partial charge in [-0.05, 0) is 25.0 Å². The van der Waals surface area contributed by atoms with Crippen molar-refractivity contribution in [2.45, 2.75) is 18.9 Å². The van der Waals surface area contributed by atoms with E-state index in [2.05, 4.69) is 10.2 Å². The third-order valence-electron chi connectivity index (χ3n) is 4.06. The van der Waals surface area contributed by atoms with E-state index in [1.165, 1.54) is 25.0 Å². The van der Waals surface area contributed by atoms with Crippen LogP contribution in [0.3, 0.4) is 0 Å². The minimum atomic E-state index is -0.518. The summed E-state index contributed by atoms with van der Waals surface area (Å²) in [4.78, 5) is 4.40. The SMILES string of the molecule is Fc1ccc(N2CCN(CCNC3CC3)CC2)c(F)c1. The summed E-state index contributed by atoms with van der Waals surface area (Å²) in [5, 5.41) is 3.51. The summed E-state index contributed by atoms with van der Waals surface area (Å²) in [6.45, 7) is 5.55. The third-order valence-corrected chi connectivity index (χ3v) is 4.06. The predicted octanol–water partition coefficient (Wildman–Crippen LogP) is 1.84. The number of nitrogens with zero attached hydrogens (tertiary/aromatic N) is 2. The van der Waals surface area contributed by atoms with Gasteiger partial charge in [0.25, 0.3) is 0 Å². The van der Waals surface area contributed by atoms with E-state index in [0.29, 0.717) is 5.69 Å². The Morgan fingerprint density at radius 1 is 1.10 bits per heavy atom. The first-order valence-electron chi connectivity index (χ1n) is 7.38. The molecule has 0 unspecified atom stereocenters. The molecule has 1 saturated carbocycles. The van der Waals surface area contributed by atoms with Crippen LogP contribution in [0.15, 0.2) is 18.2 Å². The average Bonchev–Trinajstić information content (AvgIpc) is 3.24. The third kappa shape index (κ3) is 3.46. The molecule has 3 rings (SSSR count). The Bertz CT molecular complexity index is 454. The van der Waals surface area contributed by atoms with Gasteiger partial charge in [0, 0.05) is 51.4 Å². The van der Waals surface area contributed by atoms with E-state index in [9.17, 15) is 8.78 Å². The second kappa shape index (κ2) is 6.06. The first-order valence-corrected chi connectivity index (χ1v) is 7.38. The Morgan fingerprint density at radius 3 is 2.50 bits per heavy atom. The number of rotatable bonds is 5. The molecular weight excluding hydrogens is 260 g/mol. The summed E-state index contributed by atoms with van der Waals surface area (Å²) in [6, 6.07) is 4.57. The standard InChI is InChI=1S/C15H21F2N3/c16-12-1-4-15(14(17)11-12)20-9-7-19(8-10-20)6-5-18-13-2-3-13/h1,4,11,13,18H,2-3,5-10H2. The number of hydrogen-bond acceptors (Lipinski definition) is 3. The molecule has 0 bridgehead atoms. The van der Waals surface area contributed by atoms with Crippen molar-refractivity contribution in [2.75, 3.05) is 44.2 Å². The molecule has 0 amide bonds. The maximum atomic E-state index is 13.7. The van der Waals surface area contributed by atoms with Crippen LogP contribution in [0.4, 0.5) is 14.5 Å². The number of anilines is 1. The maximum absolute atomic E-state index is 13.7. The molecule has 1 aliphatic carbocycles. The van der Waals surface area contributed by atoms with E-state index in [4.69, 9.17) is 0 Å². The highest BCUT2D eigenvalue weighted by molar-refractivity contribution is 5.48. The molecule has 0 spiro atoms. The second-order valence-electron chi connectivity index (χ2n) is 5.65. The van der Waals surface area contributed by atoms with Gasteiger partial charge in [-0.2, -0.15) is 0 Å². The Hall–Kier alpha value is -1.20. The molecule has 3 nitrogen and oxygen atoms in total. The van der Waals surface area contributed by atoms with Gasteiger partial charge in [-0.25, -0.2) is 8.78 Å². The molecule has 1 aromatic carbocycles. The largest absolute Gasteiger partial charge is 0.367 e. The highest BCUT2D eigenvalue weighted by Gasteiger charge is 2.22. The molecule has 5 heteroatoms. The van der Waals surface area contributed by atoms with Gasteiger partial charge in [-0.3, -0.25) is 4.90 Å². The lowest BCUT2D eigenvalue weighted by Gasteiger charge is -2.36. The molecule has 110 valence electrons. The zero-order valence-electron chi connectivity index (χ0n) is 11.6. The van der Waals surface area contributed by atoms with Gasteiger partial charge in [0.15, 0.2) is 0 Å². The van der Waals surface area contributed by atoms with E-state index in [1.807, 2.05) is 4.90 Å². The van der Waals surface area contributed by atoms with Crippen LogP contribution >= 0.6 is 0 Å². The fourth-order valence-electron chi connectivity index (χ4n) is 2.66. The summed E-state index contributed by atoms with van der Waals surface area (Å²) in [6.07, 6.45) is 2.63. The topological polar surface area (TPSA) is 18.5 Å². The van der Waals surface area contributed by atoms with Crippen molar-refractivity contribution in [1.82, 2.24) is 10.2 Å². The van der Waals surface area contributed by atoms with Crippen molar-refractivity contribution in [3.63, 3.8) is 0 Å². The Balaban J connectivity index is 1.47. The lowest BCUT2D eigenvalue weighted by atomic mass is 10.2. The average molecular weight is 281 g/mol. The van der Waals surface area contributed by atoms with Crippen LogP contribution in [0.25, 0.3) is 0 Å². The smallest absolute Gasteiger partial charge is 0.149 e. The lowest BCUT2D eigenvalue weighted by Crippen LogP contribution is -2.48. The molecule has 1 saturated heterocycles. The quantitative estimate of drug-likeness (QED) is 0.888. The highest BCUT2D eigenvalue weighted by atomic mass is 19.1. The monoisotopic (exact) mass is 281 g/mol. The van der Waals surface area contributed by atoms with E-state index in [0.717, 1.165) is 51.4 Å². The van der Waals surface area contributed by atoms with Gasteiger partial charge >= 0.3 is 0 Å². The lowest BCUT2D eigenvalue weighted by molar-refractivity contribution is 0.256.